The average Bonchev–Trinajstić information content (AvgIpc) is 2.45. The molecule has 0 amide bonds. The third kappa shape index (κ3) is 1.98. The standard InChI is InChI=1S/C16H13BrO2/c1-16(11-5-3-2-4-6-11)10-19-14-8-7-12(17)9-13(14)15(16)18/h2-9H,10H2,1H3/t16-/m1/s1. The lowest BCUT2D eigenvalue weighted by molar-refractivity contribution is 0.0791. The van der Waals surface area contributed by atoms with Gasteiger partial charge in [0.05, 0.1) is 11.0 Å². The Bertz CT molecular complexity index is 636. The second kappa shape index (κ2) is 4.49. The molecule has 2 nitrogen and oxygen atoms in total. The van der Waals surface area contributed by atoms with E-state index in [0.717, 1.165) is 10.0 Å². The van der Waals surface area contributed by atoms with Gasteiger partial charge in [-0.15, -0.1) is 0 Å². The van der Waals surface area contributed by atoms with E-state index >= 15 is 0 Å². The van der Waals surface area contributed by atoms with Crippen molar-refractivity contribution in [2.24, 2.45) is 0 Å². The van der Waals surface area contributed by atoms with Crippen molar-refractivity contribution in [2.45, 2.75) is 12.3 Å². The van der Waals surface area contributed by atoms with Gasteiger partial charge in [-0.3, -0.25) is 4.79 Å². The summed E-state index contributed by atoms with van der Waals surface area (Å²) >= 11 is 3.40. The number of carbonyl (C=O) groups excluding carboxylic acids is 1. The van der Waals surface area contributed by atoms with E-state index < -0.39 is 5.41 Å². The number of carbonyl (C=O) groups is 1. The molecule has 0 aromatic heterocycles. The molecule has 1 aliphatic heterocycles. The summed E-state index contributed by atoms with van der Waals surface area (Å²) in [5, 5.41) is 0. The first-order valence-corrected chi connectivity index (χ1v) is 6.93. The number of ketones is 1. The molecule has 0 radical (unpaired) electrons. The van der Waals surface area contributed by atoms with Gasteiger partial charge in [-0.05, 0) is 30.7 Å². The highest BCUT2D eigenvalue weighted by Crippen LogP contribution is 2.37. The van der Waals surface area contributed by atoms with E-state index in [9.17, 15) is 4.79 Å². The highest BCUT2D eigenvalue weighted by Gasteiger charge is 2.41. The van der Waals surface area contributed by atoms with Crippen LogP contribution in [0.4, 0.5) is 0 Å². The zero-order valence-corrected chi connectivity index (χ0v) is 12.1. The number of hydrogen-bond acceptors (Lipinski definition) is 2. The van der Waals surface area contributed by atoms with Crippen LogP contribution in [0, 0.1) is 0 Å². The molecule has 96 valence electrons. The first kappa shape index (κ1) is 12.4. The number of benzene rings is 2. The molecule has 0 fully saturated rings. The van der Waals surface area contributed by atoms with Gasteiger partial charge in [0, 0.05) is 4.47 Å². The highest BCUT2D eigenvalue weighted by atomic mass is 79.9. The monoisotopic (exact) mass is 316 g/mol. The fourth-order valence-electron chi connectivity index (χ4n) is 2.41. The van der Waals surface area contributed by atoms with Crippen LogP contribution in [0.5, 0.6) is 5.75 Å². The Labute approximate surface area is 120 Å². The Morgan fingerprint density at radius 2 is 1.89 bits per heavy atom. The smallest absolute Gasteiger partial charge is 0.180 e. The lowest BCUT2D eigenvalue weighted by Gasteiger charge is -2.33. The van der Waals surface area contributed by atoms with Gasteiger partial charge < -0.3 is 4.74 Å². The zero-order valence-electron chi connectivity index (χ0n) is 10.5. The van der Waals surface area contributed by atoms with Crippen molar-refractivity contribution in [3.63, 3.8) is 0 Å². The lowest BCUT2D eigenvalue weighted by Crippen LogP contribution is -2.42. The minimum Gasteiger partial charge on any atom is -0.491 e. The second-order valence-corrected chi connectivity index (χ2v) is 5.87. The van der Waals surface area contributed by atoms with Gasteiger partial charge in [-0.25, -0.2) is 0 Å². The minimum absolute atomic E-state index is 0.112. The zero-order chi connectivity index (χ0) is 13.5. The van der Waals surface area contributed by atoms with Crippen LogP contribution in [-0.4, -0.2) is 12.4 Å². The summed E-state index contributed by atoms with van der Waals surface area (Å²) in [5.74, 6) is 0.780. The summed E-state index contributed by atoms with van der Waals surface area (Å²) in [5.41, 5.74) is 1.02. The molecule has 0 spiro atoms. The summed E-state index contributed by atoms with van der Waals surface area (Å²) in [7, 11) is 0. The van der Waals surface area contributed by atoms with Crippen molar-refractivity contribution in [1.82, 2.24) is 0 Å². The summed E-state index contributed by atoms with van der Waals surface area (Å²) in [4.78, 5) is 12.8. The molecule has 2 aromatic carbocycles. The van der Waals surface area contributed by atoms with Gasteiger partial charge in [0.2, 0.25) is 0 Å². The van der Waals surface area contributed by atoms with Crippen LogP contribution in [0.15, 0.2) is 53.0 Å². The van der Waals surface area contributed by atoms with E-state index in [4.69, 9.17) is 4.74 Å². The fraction of sp³-hybridized carbons (Fsp3) is 0.188. The van der Waals surface area contributed by atoms with E-state index in [-0.39, 0.29) is 5.78 Å². The molecule has 0 N–H and O–H groups in total. The van der Waals surface area contributed by atoms with Gasteiger partial charge >= 0.3 is 0 Å². The molecule has 19 heavy (non-hydrogen) atoms. The van der Waals surface area contributed by atoms with Gasteiger partial charge in [0.25, 0.3) is 0 Å². The van der Waals surface area contributed by atoms with Crippen molar-refractivity contribution >= 4 is 21.7 Å². The molecule has 1 aliphatic rings. The van der Waals surface area contributed by atoms with Crippen LogP contribution in [0.3, 0.4) is 0 Å². The topological polar surface area (TPSA) is 26.3 Å². The molecular weight excluding hydrogens is 304 g/mol. The number of ether oxygens (including phenoxy) is 1. The Morgan fingerprint density at radius 1 is 1.16 bits per heavy atom. The molecule has 0 bridgehead atoms. The Hall–Kier alpha value is -1.61. The average molecular weight is 317 g/mol. The molecule has 0 aliphatic carbocycles. The number of fused-ring (bicyclic) bond motifs is 1. The minimum atomic E-state index is -0.616. The Morgan fingerprint density at radius 3 is 2.63 bits per heavy atom. The van der Waals surface area contributed by atoms with Gasteiger partial charge in [0.1, 0.15) is 12.4 Å². The van der Waals surface area contributed by atoms with E-state index in [1.54, 1.807) is 0 Å². The van der Waals surface area contributed by atoms with Gasteiger partial charge in [0.15, 0.2) is 5.78 Å². The summed E-state index contributed by atoms with van der Waals surface area (Å²) in [6, 6.07) is 15.4. The molecule has 0 saturated carbocycles. The maximum absolute atomic E-state index is 12.8. The van der Waals surface area contributed by atoms with E-state index in [0.29, 0.717) is 17.9 Å². The van der Waals surface area contributed by atoms with Crippen molar-refractivity contribution < 1.29 is 9.53 Å². The van der Waals surface area contributed by atoms with Gasteiger partial charge in [-0.2, -0.15) is 0 Å². The molecule has 3 rings (SSSR count). The quantitative estimate of drug-likeness (QED) is 0.795. The lowest BCUT2D eigenvalue weighted by atomic mass is 9.75. The summed E-state index contributed by atoms with van der Waals surface area (Å²) < 4.78 is 6.67. The largest absolute Gasteiger partial charge is 0.491 e. The number of Topliss-reactive ketones (excluding diaryl/α,β-unsaturated/α-hetero) is 1. The molecule has 0 unspecified atom stereocenters. The maximum Gasteiger partial charge on any atom is 0.180 e. The molecule has 1 heterocycles. The normalized spacial score (nSPS) is 21.7. The first-order valence-electron chi connectivity index (χ1n) is 6.14. The molecule has 3 heteroatoms. The van der Waals surface area contributed by atoms with E-state index in [1.165, 1.54) is 0 Å². The third-order valence-corrected chi connectivity index (χ3v) is 4.11. The van der Waals surface area contributed by atoms with Crippen LogP contribution in [-0.2, 0) is 5.41 Å². The van der Waals surface area contributed by atoms with Crippen molar-refractivity contribution in [1.29, 1.82) is 0 Å². The fourth-order valence-corrected chi connectivity index (χ4v) is 2.77. The first-order chi connectivity index (χ1) is 9.11. The predicted octanol–water partition coefficient (Wildman–Crippen LogP) is 3.98. The SMILES string of the molecule is C[C@]1(c2ccccc2)COc2ccc(Br)cc2C1=O. The molecule has 1 atom stereocenters. The maximum atomic E-state index is 12.8. The van der Waals surface area contributed by atoms with Crippen LogP contribution in [0.1, 0.15) is 22.8 Å². The van der Waals surface area contributed by atoms with Crippen molar-refractivity contribution in [3.8, 4) is 5.75 Å². The van der Waals surface area contributed by atoms with Crippen molar-refractivity contribution in [2.75, 3.05) is 6.61 Å². The third-order valence-electron chi connectivity index (χ3n) is 3.61. The van der Waals surface area contributed by atoms with Crippen molar-refractivity contribution in [3.05, 3.63) is 64.1 Å². The number of halogens is 1. The van der Waals surface area contributed by atoms with E-state index in [2.05, 4.69) is 15.9 Å². The second-order valence-electron chi connectivity index (χ2n) is 4.96. The number of hydrogen-bond donors (Lipinski definition) is 0. The Kier molecular flexibility index (Phi) is 2.94. The van der Waals surface area contributed by atoms with Crippen LogP contribution in [0.25, 0.3) is 0 Å². The summed E-state index contributed by atoms with van der Waals surface area (Å²) in [6.45, 7) is 2.32. The van der Waals surface area contributed by atoms with Crippen LogP contribution >= 0.6 is 15.9 Å². The highest BCUT2D eigenvalue weighted by molar-refractivity contribution is 9.10. The Balaban J connectivity index is 2.11. The predicted molar refractivity (Wildman–Crippen MR) is 77.8 cm³/mol. The van der Waals surface area contributed by atoms with Crippen LogP contribution < -0.4 is 4.74 Å². The summed E-state index contributed by atoms with van der Waals surface area (Å²) in [6.07, 6.45) is 0. The molecule has 0 saturated heterocycles. The van der Waals surface area contributed by atoms with Gasteiger partial charge in [-0.1, -0.05) is 46.3 Å². The molecule has 2 aromatic rings. The van der Waals surface area contributed by atoms with Crippen LogP contribution in [0.2, 0.25) is 0 Å². The molecular formula is C16H13BrO2. The number of rotatable bonds is 1. The van der Waals surface area contributed by atoms with E-state index in [1.807, 2.05) is 55.5 Å².